The molecule has 0 radical (unpaired) electrons. The van der Waals surface area contributed by atoms with Crippen molar-refractivity contribution in [3.63, 3.8) is 0 Å². The Morgan fingerprint density at radius 1 is 0.875 bits per heavy atom. The minimum absolute atomic E-state index is 0.188. The smallest absolute Gasteiger partial charge is 0.330 e. The molecule has 5 rings (SSSR count). The van der Waals surface area contributed by atoms with Gasteiger partial charge in [-0.25, -0.2) is 4.79 Å². The van der Waals surface area contributed by atoms with Crippen LogP contribution in [0.3, 0.4) is 0 Å². The van der Waals surface area contributed by atoms with Crippen molar-refractivity contribution < 1.29 is 42.1 Å². The fourth-order valence-corrected chi connectivity index (χ4v) is 20.3. The van der Waals surface area contributed by atoms with Crippen molar-refractivity contribution in [1.29, 1.82) is 0 Å². The third-order valence-electron chi connectivity index (χ3n) is 12.6. The second kappa shape index (κ2) is 18.1. The van der Waals surface area contributed by atoms with Crippen LogP contribution < -0.4 is 10.4 Å². The van der Waals surface area contributed by atoms with E-state index in [2.05, 4.69) is 130 Å². The Kier molecular flexibility index (Phi) is 14.4. The van der Waals surface area contributed by atoms with Gasteiger partial charge < -0.3 is 32.5 Å². The lowest BCUT2D eigenvalue weighted by Crippen LogP contribution is -2.68. The molecule has 8 atom stereocenters. The highest BCUT2D eigenvalue weighted by Gasteiger charge is 2.58. The maximum Gasteiger partial charge on any atom is 0.330 e. The number of fused-ring (bicyclic) bond motifs is 2. The summed E-state index contributed by atoms with van der Waals surface area (Å²) in [5.41, 5.74) is 0.440. The van der Waals surface area contributed by atoms with E-state index in [0.717, 1.165) is 0 Å². The predicted molar refractivity (Wildman–Crippen MR) is 225 cm³/mol. The van der Waals surface area contributed by atoms with E-state index in [1.165, 1.54) is 30.5 Å². The number of hydrogen-bond donors (Lipinski definition) is 0. The van der Waals surface area contributed by atoms with Gasteiger partial charge in [-0.05, 0) is 57.9 Å². The highest BCUT2D eigenvalue weighted by Crippen LogP contribution is 2.49. The van der Waals surface area contributed by atoms with E-state index < -0.39 is 52.5 Å². The number of hydrogen-bond acceptors (Lipinski definition) is 9. The molecule has 0 amide bonds. The average Bonchev–Trinajstić information content (AvgIpc) is 3.27. The van der Waals surface area contributed by atoms with Crippen LogP contribution in [0.25, 0.3) is 0 Å². The van der Waals surface area contributed by atoms with Crippen LogP contribution in [0.15, 0.2) is 72.8 Å². The SMILES string of the molecule is COC(=O)/C=C/[C@H]1O[C@H]2C[C@H]3O[C@H](CO[Si](c4ccccc4)(c4ccccc4)C(C)(C)C)C[C@H](O[Si](C(C)C)(C(C)C)C(C)C)[C@@H]3O[C@]2(C)CC[C@@H]1OC(C)=O. The topological polar surface area (TPSA) is 98.8 Å². The van der Waals surface area contributed by atoms with Gasteiger partial charge in [-0.15, -0.1) is 0 Å². The highest BCUT2D eigenvalue weighted by molar-refractivity contribution is 6.99. The van der Waals surface area contributed by atoms with Crippen LogP contribution in [-0.4, -0.2) is 90.6 Å². The van der Waals surface area contributed by atoms with Crippen molar-refractivity contribution in [2.24, 2.45) is 0 Å². The molecule has 0 N–H and O–H groups in total. The fraction of sp³-hybridized carbons (Fsp3) is 0.644. The molecule has 3 heterocycles. The van der Waals surface area contributed by atoms with Gasteiger partial charge in [0.2, 0.25) is 8.32 Å². The Hall–Kier alpha value is -2.65. The molecule has 56 heavy (non-hydrogen) atoms. The summed E-state index contributed by atoms with van der Waals surface area (Å²) in [4.78, 5) is 24.4. The summed E-state index contributed by atoms with van der Waals surface area (Å²) in [5.74, 6) is -0.910. The lowest BCUT2D eigenvalue weighted by Gasteiger charge is -2.55. The van der Waals surface area contributed by atoms with Gasteiger partial charge >= 0.3 is 11.9 Å². The number of methoxy groups -OCH3 is 1. The summed E-state index contributed by atoms with van der Waals surface area (Å²) in [5, 5.41) is 2.26. The number of benzene rings is 2. The molecule has 9 nitrogen and oxygen atoms in total. The van der Waals surface area contributed by atoms with E-state index >= 15 is 0 Å². The fourth-order valence-electron chi connectivity index (χ4n) is 10.1. The molecule has 0 saturated carbocycles. The summed E-state index contributed by atoms with van der Waals surface area (Å²) < 4.78 is 47.0. The lowest BCUT2D eigenvalue weighted by atomic mass is 9.82. The standard InChI is InChI=1S/C45H68O9Si2/c1-30(2)55(31(3)4,32(5)6)54-40-27-34(29-49-56(44(8,9)10,35-19-15-13-16-20-35)36-21-17-14-18-22-36)51-39-28-41-45(11,53-43(39)40)26-25-38(50-33(7)46)37(52-41)23-24-42(47)48-12/h13-24,30-32,34,37-41,43H,25-29H2,1-12H3/b24-23+/t34-,37+,38-,39+,40-,41-,43+,45+/m0/s1. The van der Waals surface area contributed by atoms with Crippen LogP contribution >= 0.6 is 0 Å². The van der Waals surface area contributed by atoms with Gasteiger partial charge in [0.15, 0.2) is 0 Å². The first-order chi connectivity index (χ1) is 26.4. The second-order valence-corrected chi connectivity index (χ2v) is 28.0. The van der Waals surface area contributed by atoms with Gasteiger partial charge in [0.25, 0.3) is 8.32 Å². The predicted octanol–water partition coefficient (Wildman–Crippen LogP) is 8.04. The van der Waals surface area contributed by atoms with Gasteiger partial charge in [0.1, 0.15) is 18.3 Å². The van der Waals surface area contributed by atoms with Gasteiger partial charge in [0, 0.05) is 25.8 Å². The van der Waals surface area contributed by atoms with E-state index in [0.29, 0.717) is 48.9 Å². The Balaban J connectivity index is 1.54. The lowest BCUT2D eigenvalue weighted by molar-refractivity contribution is -0.289. The largest absolute Gasteiger partial charge is 0.466 e. The quantitative estimate of drug-likeness (QED) is 0.113. The number of carbonyl (C=O) groups is 2. The monoisotopic (exact) mass is 808 g/mol. The van der Waals surface area contributed by atoms with Crippen molar-refractivity contribution in [3.05, 3.63) is 72.8 Å². The van der Waals surface area contributed by atoms with Crippen LogP contribution in [0, 0.1) is 0 Å². The normalized spacial score (nSPS) is 28.9. The first-order valence-corrected chi connectivity index (χ1v) is 24.8. The Labute approximate surface area is 338 Å². The zero-order chi connectivity index (χ0) is 41.1. The Morgan fingerprint density at radius 2 is 1.45 bits per heavy atom. The van der Waals surface area contributed by atoms with Crippen molar-refractivity contribution in [2.45, 2.75) is 172 Å². The van der Waals surface area contributed by atoms with E-state index in [-0.39, 0.29) is 29.5 Å². The zero-order valence-electron chi connectivity index (χ0n) is 35.9. The molecular weight excluding hydrogens is 741 g/mol. The molecule has 0 bridgehead atoms. The molecule has 0 unspecified atom stereocenters. The van der Waals surface area contributed by atoms with Crippen molar-refractivity contribution in [3.8, 4) is 0 Å². The van der Waals surface area contributed by atoms with Crippen molar-refractivity contribution in [2.75, 3.05) is 13.7 Å². The maximum absolute atomic E-state index is 12.2. The minimum Gasteiger partial charge on any atom is -0.466 e. The van der Waals surface area contributed by atoms with Crippen LogP contribution in [0.4, 0.5) is 0 Å². The zero-order valence-corrected chi connectivity index (χ0v) is 37.9. The molecular formula is C45H68O9Si2. The van der Waals surface area contributed by atoms with Gasteiger partial charge in [-0.1, -0.05) is 123 Å². The van der Waals surface area contributed by atoms with E-state index in [9.17, 15) is 9.59 Å². The summed E-state index contributed by atoms with van der Waals surface area (Å²) in [6.45, 7) is 24.7. The minimum atomic E-state index is -2.85. The number of ether oxygens (including phenoxy) is 5. The molecule has 310 valence electrons. The van der Waals surface area contributed by atoms with E-state index in [4.69, 9.17) is 32.5 Å². The van der Waals surface area contributed by atoms with Crippen LogP contribution in [0.1, 0.15) is 102 Å². The molecule has 0 aromatic heterocycles. The second-order valence-electron chi connectivity index (χ2n) is 18.3. The third-order valence-corrected chi connectivity index (χ3v) is 23.8. The summed E-state index contributed by atoms with van der Waals surface area (Å²) in [6, 6.07) is 21.4. The molecule has 3 aliphatic rings. The Morgan fingerprint density at radius 3 is 1.95 bits per heavy atom. The summed E-state index contributed by atoms with van der Waals surface area (Å²) in [6.07, 6.45) is 2.44. The highest BCUT2D eigenvalue weighted by atomic mass is 28.4. The third kappa shape index (κ3) is 9.14. The maximum atomic E-state index is 12.2. The Bertz CT molecular complexity index is 1560. The van der Waals surface area contributed by atoms with E-state index in [1.807, 2.05) is 0 Å². The average molecular weight is 809 g/mol. The molecule has 2 aromatic carbocycles. The van der Waals surface area contributed by atoms with Crippen LogP contribution in [-0.2, 0) is 42.1 Å². The molecule has 2 aromatic rings. The number of esters is 2. The molecule has 3 aliphatic heterocycles. The number of carbonyl (C=O) groups excluding carboxylic acids is 2. The van der Waals surface area contributed by atoms with Crippen molar-refractivity contribution >= 4 is 38.9 Å². The first-order valence-electron chi connectivity index (χ1n) is 20.7. The molecule has 0 aliphatic carbocycles. The molecule has 3 fully saturated rings. The van der Waals surface area contributed by atoms with Gasteiger partial charge in [-0.3, -0.25) is 4.79 Å². The summed E-state index contributed by atoms with van der Waals surface area (Å²) in [7, 11) is -3.89. The first kappa shape index (κ1) is 44.5. The van der Waals surface area contributed by atoms with Crippen LogP contribution in [0.2, 0.25) is 21.7 Å². The van der Waals surface area contributed by atoms with E-state index in [1.54, 1.807) is 6.08 Å². The molecule has 11 heteroatoms. The van der Waals surface area contributed by atoms with Gasteiger partial charge in [0.05, 0.1) is 43.7 Å². The van der Waals surface area contributed by atoms with Gasteiger partial charge in [-0.2, -0.15) is 0 Å². The molecule has 0 spiro atoms. The van der Waals surface area contributed by atoms with Crippen molar-refractivity contribution in [1.82, 2.24) is 0 Å². The number of rotatable bonds is 13. The summed E-state index contributed by atoms with van der Waals surface area (Å²) >= 11 is 0. The molecule has 3 saturated heterocycles. The van der Waals surface area contributed by atoms with Crippen LogP contribution in [0.5, 0.6) is 0 Å².